The van der Waals surface area contributed by atoms with E-state index >= 15 is 0 Å². The predicted molar refractivity (Wildman–Crippen MR) is 98.0 cm³/mol. The molecule has 0 atom stereocenters. The highest BCUT2D eigenvalue weighted by atomic mass is 35.5. The molecular weight excluding hydrogens is 342 g/mol. The number of aryl methyl sites for hydroxylation is 1. The maximum Gasteiger partial charge on any atom is 0.257 e. The van der Waals surface area contributed by atoms with Gasteiger partial charge in [0.2, 0.25) is 0 Å². The van der Waals surface area contributed by atoms with Gasteiger partial charge in [-0.15, -0.1) is 0 Å². The molecule has 0 aliphatic heterocycles. The highest BCUT2D eigenvalue weighted by molar-refractivity contribution is 6.33. The molecule has 1 aromatic carbocycles. The summed E-state index contributed by atoms with van der Waals surface area (Å²) >= 11 is 6.22. The van der Waals surface area contributed by atoms with Crippen molar-refractivity contribution in [3.8, 4) is 11.3 Å². The van der Waals surface area contributed by atoms with Crippen LogP contribution in [0.15, 0.2) is 28.8 Å². The van der Waals surface area contributed by atoms with Crippen molar-refractivity contribution in [3.05, 3.63) is 40.6 Å². The van der Waals surface area contributed by atoms with E-state index in [0.29, 0.717) is 40.8 Å². The molecule has 25 heavy (non-hydrogen) atoms. The first-order valence-corrected chi connectivity index (χ1v) is 8.59. The van der Waals surface area contributed by atoms with Crippen LogP contribution in [0.5, 0.6) is 0 Å². The number of benzene rings is 1. The zero-order valence-electron chi connectivity index (χ0n) is 14.8. The number of carbonyl (C=O) groups excluding carboxylic acids is 1. The second kappa shape index (κ2) is 9.56. The zero-order valence-corrected chi connectivity index (χ0v) is 15.6. The molecule has 0 radical (unpaired) electrons. The molecule has 6 nitrogen and oxygen atoms in total. The molecule has 0 spiro atoms. The van der Waals surface area contributed by atoms with Gasteiger partial charge in [-0.3, -0.25) is 4.79 Å². The van der Waals surface area contributed by atoms with Crippen molar-refractivity contribution in [3.63, 3.8) is 0 Å². The molecule has 136 valence electrons. The van der Waals surface area contributed by atoms with Crippen molar-refractivity contribution in [2.45, 2.75) is 13.3 Å². The zero-order chi connectivity index (χ0) is 18.2. The number of halogens is 1. The van der Waals surface area contributed by atoms with Crippen LogP contribution in [0.4, 0.5) is 0 Å². The summed E-state index contributed by atoms with van der Waals surface area (Å²) in [5.41, 5.74) is 1.59. The van der Waals surface area contributed by atoms with Gasteiger partial charge in [-0.05, 0) is 33.0 Å². The van der Waals surface area contributed by atoms with Gasteiger partial charge < -0.3 is 19.5 Å². The summed E-state index contributed by atoms with van der Waals surface area (Å²) in [6.45, 7) is 4.74. The number of aromatic nitrogens is 1. The van der Waals surface area contributed by atoms with E-state index in [1.807, 2.05) is 25.2 Å². The minimum absolute atomic E-state index is 0.201. The van der Waals surface area contributed by atoms with Crippen LogP contribution in [0.3, 0.4) is 0 Å². The van der Waals surface area contributed by atoms with E-state index in [1.54, 1.807) is 20.1 Å². The van der Waals surface area contributed by atoms with Crippen LogP contribution in [-0.4, -0.2) is 56.4 Å². The second-order valence-electron chi connectivity index (χ2n) is 5.85. The molecule has 7 heteroatoms. The van der Waals surface area contributed by atoms with E-state index < -0.39 is 0 Å². The number of carbonyl (C=O) groups is 1. The lowest BCUT2D eigenvalue weighted by Gasteiger charge is -2.15. The first kappa shape index (κ1) is 19.4. The Morgan fingerprint density at radius 3 is 2.84 bits per heavy atom. The minimum Gasteiger partial charge on any atom is -0.383 e. The van der Waals surface area contributed by atoms with Crippen LogP contribution in [0.25, 0.3) is 11.3 Å². The van der Waals surface area contributed by atoms with Gasteiger partial charge in [0.15, 0.2) is 0 Å². The quantitative estimate of drug-likeness (QED) is 0.692. The Hall–Kier alpha value is -1.89. The molecule has 1 N–H and O–H groups in total. The van der Waals surface area contributed by atoms with Crippen molar-refractivity contribution >= 4 is 17.5 Å². The van der Waals surface area contributed by atoms with Crippen LogP contribution in [0.2, 0.25) is 5.02 Å². The molecule has 0 aliphatic rings. The Labute approximate surface area is 153 Å². The number of hydrogen-bond donors (Lipinski definition) is 1. The predicted octanol–water partition coefficient (Wildman–Crippen LogP) is 3.00. The van der Waals surface area contributed by atoms with Gasteiger partial charge >= 0.3 is 0 Å². The number of methoxy groups -OCH3 is 1. The summed E-state index contributed by atoms with van der Waals surface area (Å²) in [5, 5.41) is 7.47. The van der Waals surface area contributed by atoms with Crippen LogP contribution in [0.1, 0.15) is 22.5 Å². The Morgan fingerprint density at radius 2 is 2.12 bits per heavy atom. The summed E-state index contributed by atoms with van der Waals surface area (Å²) in [5.74, 6) is 0.276. The number of likely N-dealkylation sites (N-methyl/N-ethyl adjacent to an activating group) is 1. The fraction of sp³-hybridized carbons (Fsp3) is 0.444. The van der Waals surface area contributed by atoms with Gasteiger partial charge in [0.05, 0.1) is 11.6 Å². The highest BCUT2D eigenvalue weighted by Gasteiger charge is 2.22. The standard InChI is InChI=1S/C18H24ClN3O3/c1-13-16(17(21-25-13)14-7-4-5-8-15(14)19)18(23)20-9-6-10-22(2)11-12-24-3/h4-5,7-8H,6,9-12H2,1-3H3,(H,20,23). The Bertz CT molecular complexity index is 703. The number of ether oxygens (including phenoxy) is 1. The fourth-order valence-electron chi connectivity index (χ4n) is 2.47. The third-order valence-electron chi connectivity index (χ3n) is 3.90. The summed E-state index contributed by atoms with van der Waals surface area (Å²) in [6.07, 6.45) is 0.845. The fourth-order valence-corrected chi connectivity index (χ4v) is 2.70. The Kier molecular flexibility index (Phi) is 7.43. The molecule has 1 aromatic heterocycles. The van der Waals surface area contributed by atoms with Crippen molar-refractivity contribution in [2.75, 3.05) is 40.4 Å². The average molecular weight is 366 g/mol. The van der Waals surface area contributed by atoms with E-state index in [4.69, 9.17) is 20.9 Å². The summed E-state index contributed by atoms with van der Waals surface area (Å²) in [7, 11) is 3.71. The van der Waals surface area contributed by atoms with E-state index in [9.17, 15) is 4.79 Å². The van der Waals surface area contributed by atoms with Crippen LogP contribution >= 0.6 is 11.6 Å². The van der Waals surface area contributed by atoms with Crippen LogP contribution < -0.4 is 5.32 Å². The van der Waals surface area contributed by atoms with E-state index in [2.05, 4.69) is 15.4 Å². The van der Waals surface area contributed by atoms with Crippen molar-refractivity contribution in [1.29, 1.82) is 0 Å². The number of nitrogens with zero attached hydrogens (tertiary/aromatic N) is 2. The molecular formula is C18H24ClN3O3. The molecule has 2 aromatic rings. The topological polar surface area (TPSA) is 67.6 Å². The number of hydrogen-bond acceptors (Lipinski definition) is 5. The Balaban J connectivity index is 1.97. The van der Waals surface area contributed by atoms with Crippen molar-refractivity contribution < 1.29 is 14.1 Å². The lowest BCUT2D eigenvalue weighted by Crippen LogP contribution is -2.30. The van der Waals surface area contributed by atoms with Gasteiger partial charge in [-0.25, -0.2) is 0 Å². The molecule has 0 aliphatic carbocycles. The second-order valence-corrected chi connectivity index (χ2v) is 6.25. The van der Waals surface area contributed by atoms with Crippen LogP contribution in [-0.2, 0) is 4.74 Å². The number of amides is 1. The van der Waals surface area contributed by atoms with Crippen molar-refractivity contribution in [1.82, 2.24) is 15.4 Å². The average Bonchev–Trinajstić information content (AvgIpc) is 2.98. The van der Waals surface area contributed by atoms with E-state index in [0.717, 1.165) is 19.5 Å². The third kappa shape index (κ3) is 5.29. The maximum absolute atomic E-state index is 12.6. The lowest BCUT2D eigenvalue weighted by molar-refractivity contribution is 0.0950. The molecule has 2 rings (SSSR count). The number of rotatable bonds is 9. The number of nitrogens with one attached hydrogen (secondary N) is 1. The van der Waals surface area contributed by atoms with Gasteiger partial charge in [0.1, 0.15) is 17.0 Å². The summed E-state index contributed by atoms with van der Waals surface area (Å²) in [6, 6.07) is 7.26. The third-order valence-corrected chi connectivity index (χ3v) is 4.23. The van der Waals surface area contributed by atoms with E-state index in [1.165, 1.54) is 0 Å². The minimum atomic E-state index is -0.201. The normalized spacial score (nSPS) is 11.1. The summed E-state index contributed by atoms with van der Waals surface area (Å²) in [4.78, 5) is 14.7. The first-order valence-electron chi connectivity index (χ1n) is 8.21. The highest BCUT2D eigenvalue weighted by Crippen LogP contribution is 2.30. The molecule has 0 unspecified atom stereocenters. The molecule has 0 bridgehead atoms. The van der Waals surface area contributed by atoms with Gasteiger partial charge in [-0.2, -0.15) is 0 Å². The van der Waals surface area contributed by atoms with Gasteiger partial charge in [0.25, 0.3) is 5.91 Å². The lowest BCUT2D eigenvalue weighted by atomic mass is 10.1. The van der Waals surface area contributed by atoms with Gasteiger partial charge in [0, 0.05) is 25.8 Å². The monoisotopic (exact) mass is 365 g/mol. The first-order chi connectivity index (χ1) is 12.0. The molecule has 0 fully saturated rings. The van der Waals surface area contributed by atoms with Gasteiger partial charge in [-0.1, -0.05) is 35.0 Å². The molecule has 1 heterocycles. The Morgan fingerprint density at radius 1 is 1.36 bits per heavy atom. The molecule has 1 amide bonds. The largest absolute Gasteiger partial charge is 0.383 e. The maximum atomic E-state index is 12.6. The van der Waals surface area contributed by atoms with E-state index in [-0.39, 0.29) is 5.91 Å². The summed E-state index contributed by atoms with van der Waals surface area (Å²) < 4.78 is 10.3. The van der Waals surface area contributed by atoms with Crippen LogP contribution in [0, 0.1) is 6.92 Å². The molecule has 0 saturated carbocycles. The smallest absolute Gasteiger partial charge is 0.257 e. The molecule has 0 saturated heterocycles. The SMILES string of the molecule is COCCN(C)CCCNC(=O)c1c(-c2ccccc2Cl)noc1C. The van der Waals surface area contributed by atoms with Crippen molar-refractivity contribution in [2.24, 2.45) is 0 Å².